The molecule has 64 valence electrons. The number of hydrogen-bond donors (Lipinski definition) is 1. The summed E-state index contributed by atoms with van der Waals surface area (Å²) < 4.78 is 1.18. The average Bonchev–Trinajstić information content (AvgIpc) is 2.80. The third kappa shape index (κ3) is 1.63. The van der Waals surface area contributed by atoms with Crippen molar-refractivity contribution >= 4 is 21.6 Å². The molecule has 0 aliphatic heterocycles. The zero-order valence-electron chi connectivity index (χ0n) is 7.10. The maximum atomic E-state index is 3.54. The summed E-state index contributed by atoms with van der Waals surface area (Å²) in [6.45, 7) is 2.13. The zero-order valence-corrected chi connectivity index (χ0v) is 8.69. The van der Waals surface area contributed by atoms with E-state index in [-0.39, 0.29) is 0 Å². The second-order valence-electron chi connectivity index (χ2n) is 3.35. The first kappa shape index (κ1) is 8.11. The van der Waals surface area contributed by atoms with Crippen molar-refractivity contribution in [2.24, 2.45) is 0 Å². The van der Waals surface area contributed by atoms with Crippen molar-refractivity contribution in [1.82, 2.24) is 0 Å². The third-order valence-corrected chi connectivity index (χ3v) is 2.81. The number of rotatable bonds is 2. The van der Waals surface area contributed by atoms with Gasteiger partial charge >= 0.3 is 0 Å². The van der Waals surface area contributed by atoms with Crippen LogP contribution in [0.15, 0.2) is 22.7 Å². The molecule has 0 bridgehead atoms. The Morgan fingerprint density at radius 1 is 1.42 bits per heavy atom. The van der Waals surface area contributed by atoms with Gasteiger partial charge in [0.25, 0.3) is 0 Å². The van der Waals surface area contributed by atoms with Gasteiger partial charge in [0.1, 0.15) is 0 Å². The largest absolute Gasteiger partial charge is 0.381 e. The van der Waals surface area contributed by atoms with Crippen molar-refractivity contribution in [1.29, 1.82) is 0 Å². The maximum absolute atomic E-state index is 3.54. The van der Waals surface area contributed by atoms with E-state index < -0.39 is 0 Å². The van der Waals surface area contributed by atoms with Gasteiger partial charge in [0, 0.05) is 10.5 Å². The van der Waals surface area contributed by atoms with Crippen molar-refractivity contribution in [3.05, 3.63) is 28.2 Å². The van der Waals surface area contributed by atoms with Gasteiger partial charge in [0.2, 0.25) is 0 Å². The molecule has 12 heavy (non-hydrogen) atoms. The molecular weight excluding hydrogens is 214 g/mol. The van der Waals surface area contributed by atoms with Crippen LogP contribution in [0.1, 0.15) is 18.4 Å². The van der Waals surface area contributed by atoms with Crippen LogP contribution in [0.3, 0.4) is 0 Å². The molecule has 0 unspecified atom stereocenters. The first-order chi connectivity index (χ1) is 5.77. The van der Waals surface area contributed by atoms with Crippen LogP contribution in [0.25, 0.3) is 0 Å². The Kier molecular flexibility index (Phi) is 2.09. The smallest absolute Gasteiger partial charge is 0.0516 e. The predicted octanol–water partition coefficient (Wildman–Crippen LogP) is 3.33. The average molecular weight is 226 g/mol. The van der Waals surface area contributed by atoms with Crippen molar-refractivity contribution in [2.45, 2.75) is 25.8 Å². The minimum Gasteiger partial charge on any atom is -0.381 e. The summed E-state index contributed by atoms with van der Waals surface area (Å²) in [5, 5.41) is 3.51. The summed E-state index contributed by atoms with van der Waals surface area (Å²) in [5.41, 5.74) is 2.58. The summed E-state index contributed by atoms with van der Waals surface area (Å²) in [5.74, 6) is 0. The molecule has 1 fully saturated rings. The van der Waals surface area contributed by atoms with Crippen molar-refractivity contribution in [2.75, 3.05) is 5.32 Å². The van der Waals surface area contributed by atoms with Crippen molar-refractivity contribution in [3.8, 4) is 0 Å². The number of benzene rings is 1. The Morgan fingerprint density at radius 2 is 2.17 bits per heavy atom. The molecule has 1 saturated carbocycles. The second-order valence-corrected chi connectivity index (χ2v) is 4.20. The molecule has 0 heterocycles. The lowest BCUT2D eigenvalue weighted by atomic mass is 10.2. The lowest BCUT2D eigenvalue weighted by Crippen LogP contribution is -2.02. The molecule has 1 nitrogen and oxygen atoms in total. The van der Waals surface area contributed by atoms with Gasteiger partial charge < -0.3 is 5.32 Å². The van der Waals surface area contributed by atoms with Gasteiger partial charge in [-0.1, -0.05) is 12.1 Å². The van der Waals surface area contributed by atoms with Gasteiger partial charge in [-0.3, -0.25) is 0 Å². The highest BCUT2D eigenvalue weighted by Gasteiger charge is 2.22. The molecule has 1 aromatic carbocycles. The number of anilines is 1. The van der Waals surface area contributed by atoms with Crippen LogP contribution in [0.5, 0.6) is 0 Å². The number of nitrogens with one attached hydrogen (secondary N) is 1. The maximum Gasteiger partial charge on any atom is 0.0516 e. The third-order valence-electron chi connectivity index (χ3n) is 2.15. The first-order valence-electron chi connectivity index (χ1n) is 4.29. The van der Waals surface area contributed by atoms with E-state index >= 15 is 0 Å². The molecule has 0 amide bonds. The number of aryl methyl sites for hydroxylation is 1. The summed E-state index contributed by atoms with van der Waals surface area (Å²) in [4.78, 5) is 0. The number of hydrogen-bond acceptors (Lipinski definition) is 1. The fraction of sp³-hybridized carbons (Fsp3) is 0.400. The first-order valence-corrected chi connectivity index (χ1v) is 5.08. The Morgan fingerprint density at radius 3 is 2.75 bits per heavy atom. The number of para-hydroxylation sites is 1. The van der Waals surface area contributed by atoms with Crippen LogP contribution in [0.4, 0.5) is 5.69 Å². The standard InChI is InChI=1S/C10H12BrN/c1-7-3-2-4-9(11)10(7)12-8-5-6-8/h2-4,8,12H,5-6H2,1H3. The molecule has 2 rings (SSSR count). The molecule has 1 aliphatic carbocycles. The highest BCUT2D eigenvalue weighted by Crippen LogP contribution is 2.31. The van der Waals surface area contributed by atoms with Crippen LogP contribution in [0, 0.1) is 6.92 Å². The van der Waals surface area contributed by atoms with E-state index in [1.54, 1.807) is 0 Å². The van der Waals surface area contributed by atoms with Gasteiger partial charge in [-0.2, -0.15) is 0 Å². The van der Waals surface area contributed by atoms with E-state index in [4.69, 9.17) is 0 Å². The molecule has 0 spiro atoms. The predicted molar refractivity (Wildman–Crippen MR) is 55.5 cm³/mol. The topological polar surface area (TPSA) is 12.0 Å². The number of halogens is 1. The van der Waals surface area contributed by atoms with Crippen molar-refractivity contribution < 1.29 is 0 Å². The summed E-state index contributed by atoms with van der Waals surface area (Å²) in [6, 6.07) is 7.01. The fourth-order valence-electron chi connectivity index (χ4n) is 1.25. The van der Waals surface area contributed by atoms with Crippen LogP contribution < -0.4 is 5.32 Å². The Hall–Kier alpha value is -0.500. The normalized spacial score (nSPS) is 16.2. The summed E-state index contributed by atoms with van der Waals surface area (Å²) in [6.07, 6.45) is 2.64. The summed E-state index contributed by atoms with van der Waals surface area (Å²) in [7, 11) is 0. The molecular formula is C10H12BrN. The van der Waals surface area contributed by atoms with E-state index in [2.05, 4.69) is 46.4 Å². The second kappa shape index (κ2) is 3.09. The van der Waals surface area contributed by atoms with Crippen LogP contribution in [0.2, 0.25) is 0 Å². The van der Waals surface area contributed by atoms with Crippen LogP contribution >= 0.6 is 15.9 Å². The summed E-state index contributed by atoms with van der Waals surface area (Å²) >= 11 is 3.54. The zero-order chi connectivity index (χ0) is 8.55. The Balaban J connectivity index is 2.26. The minimum absolute atomic E-state index is 0.724. The van der Waals surface area contributed by atoms with E-state index in [1.807, 2.05) is 0 Å². The van der Waals surface area contributed by atoms with E-state index in [1.165, 1.54) is 28.6 Å². The minimum atomic E-state index is 0.724. The molecule has 0 aromatic heterocycles. The van der Waals surface area contributed by atoms with E-state index in [0.29, 0.717) is 0 Å². The van der Waals surface area contributed by atoms with Crippen molar-refractivity contribution in [3.63, 3.8) is 0 Å². The Bertz CT molecular complexity index is 272. The quantitative estimate of drug-likeness (QED) is 0.815. The monoisotopic (exact) mass is 225 g/mol. The fourth-order valence-corrected chi connectivity index (χ4v) is 1.83. The molecule has 0 saturated heterocycles. The van der Waals surface area contributed by atoms with E-state index in [0.717, 1.165) is 6.04 Å². The van der Waals surface area contributed by atoms with Gasteiger partial charge in [-0.05, 0) is 47.3 Å². The highest BCUT2D eigenvalue weighted by atomic mass is 79.9. The molecule has 1 aliphatic rings. The van der Waals surface area contributed by atoms with Gasteiger partial charge in [-0.25, -0.2) is 0 Å². The molecule has 0 radical (unpaired) electrons. The van der Waals surface area contributed by atoms with Gasteiger partial charge in [-0.15, -0.1) is 0 Å². The molecule has 0 atom stereocenters. The molecule has 1 N–H and O–H groups in total. The van der Waals surface area contributed by atoms with Gasteiger partial charge in [0.05, 0.1) is 5.69 Å². The highest BCUT2D eigenvalue weighted by molar-refractivity contribution is 9.10. The lowest BCUT2D eigenvalue weighted by Gasteiger charge is -2.09. The lowest BCUT2D eigenvalue weighted by molar-refractivity contribution is 1.14. The van der Waals surface area contributed by atoms with Crippen LogP contribution in [-0.2, 0) is 0 Å². The molecule has 2 heteroatoms. The van der Waals surface area contributed by atoms with Gasteiger partial charge in [0.15, 0.2) is 0 Å². The van der Waals surface area contributed by atoms with Crippen LogP contribution in [-0.4, -0.2) is 6.04 Å². The van der Waals surface area contributed by atoms with E-state index in [9.17, 15) is 0 Å². The SMILES string of the molecule is Cc1cccc(Br)c1NC1CC1. The Labute approximate surface area is 81.3 Å². The molecule has 1 aromatic rings.